The number of hydrogen-bond donors (Lipinski definition) is 2. The lowest BCUT2D eigenvalue weighted by Crippen LogP contribution is -2.46. The zero-order chi connectivity index (χ0) is 17.4. The van der Waals surface area contributed by atoms with E-state index in [1.807, 2.05) is 21.1 Å². The number of carbonyl (C=O) groups is 1. The molecule has 1 amide bonds. The molecule has 0 radical (unpaired) electrons. The van der Waals surface area contributed by atoms with Gasteiger partial charge in [-0.15, -0.1) is 24.0 Å². The summed E-state index contributed by atoms with van der Waals surface area (Å²) in [5.74, 6) is 1.17. The molecule has 1 saturated heterocycles. The van der Waals surface area contributed by atoms with Crippen molar-refractivity contribution in [3.05, 3.63) is 0 Å². The SMILES string of the molecule is CN=C(NCCCN1CCCC1C(=O)N(C)C)NC1CCCCC1.I. The number of carbonyl (C=O) groups excluding carboxylic acids is 1. The maximum Gasteiger partial charge on any atom is 0.239 e. The minimum Gasteiger partial charge on any atom is -0.356 e. The first-order chi connectivity index (χ1) is 11.6. The summed E-state index contributed by atoms with van der Waals surface area (Å²) in [7, 11) is 5.53. The van der Waals surface area contributed by atoms with E-state index >= 15 is 0 Å². The second-order valence-electron chi connectivity index (χ2n) is 7.26. The highest BCUT2D eigenvalue weighted by molar-refractivity contribution is 14.0. The molecule has 0 spiro atoms. The third-order valence-electron chi connectivity index (χ3n) is 5.17. The molecular formula is C18H36IN5O. The quantitative estimate of drug-likeness (QED) is 0.273. The van der Waals surface area contributed by atoms with E-state index < -0.39 is 0 Å². The normalized spacial score (nSPS) is 22.4. The molecule has 6 nitrogen and oxygen atoms in total. The molecule has 2 rings (SSSR count). The zero-order valence-electron chi connectivity index (χ0n) is 16.1. The molecule has 0 bridgehead atoms. The molecule has 1 aliphatic heterocycles. The molecule has 0 aromatic carbocycles. The van der Waals surface area contributed by atoms with E-state index in [-0.39, 0.29) is 35.9 Å². The van der Waals surface area contributed by atoms with Crippen LogP contribution in [0.5, 0.6) is 0 Å². The number of likely N-dealkylation sites (N-methyl/N-ethyl adjacent to an activating group) is 1. The third kappa shape index (κ3) is 7.29. The average molecular weight is 465 g/mol. The van der Waals surface area contributed by atoms with Crippen molar-refractivity contribution in [2.45, 2.75) is 63.5 Å². The van der Waals surface area contributed by atoms with Crippen molar-refractivity contribution in [1.82, 2.24) is 20.4 Å². The Morgan fingerprint density at radius 1 is 1.16 bits per heavy atom. The molecule has 1 aliphatic carbocycles. The Kier molecular flexibility index (Phi) is 10.7. The van der Waals surface area contributed by atoms with Gasteiger partial charge in [0.1, 0.15) is 0 Å². The topological polar surface area (TPSA) is 60.0 Å². The van der Waals surface area contributed by atoms with Crippen LogP contribution in [0.15, 0.2) is 4.99 Å². The molecule has 1 atom stereocenters. The van der Waals surface area contributed by atoms with Gasteiger partial charge in [0.05, 0.1) is 6.04 Å². The van der Waals surface area contributed by atoms with Crippen molar-refractivity contribution in [3.8, 4) is 0 Å². The average Bonchev–Trinajstić information content (AvgIpc) is 3.06. The van der Waals surface area contributed by atoms with Gasteiger partial charge < -0.3 is 15.5 Å². The van der Waals surface area contributed by atoms with Crippen LogP contribution < -0.4 is 10.6 Å². The number of amides is 1. The standard InChI is InChI=1S/C18H35N5O.HI/c1-19-18(21-15-9-5-4-6-10-15)20-12-8-14-23-13-7-11-16(23)17(24)22(2)3;/h15-16H,4-14H2,1-3H3,(H2,19,20,21);1H. The van der Waals surface area contributed by atoms with E-state index in [0.717, 1.165) is 44.9 Å². The Morgan fingerprint density at radius 3 is 2.52 bits per heavy atom. The molecule has 1 heterocycles. The fourth-order valence-corrected chi connectivity index (χ4v) is 3.80. The fraction of sp³-hybridized carbons (Fsp3) is 0.889. The largest absolute Gasteiger partial charge is 0.356 e. The third-order valence-corrected chi connectivity index (χ3v) is 5.17. The molecule has 1 saturated carbocycles. The van der Waals surface area contributed by atoms with Crippen molar-refractivity contribution in [1.29, 1.82) is 0 Å². The van der Waals surface area contributed by atoms with Crippen LogP contribution in [0, 0.1) is 0 Å². The van der Waals surface area contributed by atoms with Gasteiger partial charge in [0.15, 0.2) is 5.96 Å². The molecule has 2 N–H and O–H groups in total. The molecule has 146 valence electrons. The maximum atomic E-state index is 12.2. The van der Waals surface area contributed by atoms with Crippen LogP contribution in [0.3, 0.4) is 0 Å². The predicted molar refractivity (Wildman–Crippen MR) is 115 cm³/mol. The van der Waals surface area contributed by atoms with E-state index in [1.54, 1.807) is 4.90 Å². The van der Waals surface area contributed by atoms with Crippen molar-refractivity contribution < 1.29 is 4.79 Å². The van der Waals surface area contributed by atoms with Crippen LogP contribution in [-0.4, -0.2) is 74.5 Å². The number of nitrogens with one attached hydrogen (secondary N) is 2. The van der Waals surface area contributed by atoms with Crippen LogP contribution in [-0.2, 0) is 4.79 Å². The Hall–Kier alpha value is -0.570. The monoisotopic (exact) mass is 465 g/mol. The van der Waals surface area contributed by atoms with E-state index in [2.05, 4.69) is 20.5 Å². The summed E-state index contributed by atoms with van der Waals surface area (Å²) in [6.07, 6.45) is 9.68. The minimum atomic E-state index is 0. The Morgan fingerprint density at radius 2 is 1.88 bits per heavy atom. The highest BCUT2D eigenvalue weighted by atomic mass is 127. The first-order valence-corrected chi connectivity index (χ1v) is 9.54. The molecule has 0 aromatic heterocycles. The molecule has 1 unspecified atom stereocenters. The Balaban J connectivity index is 0.00000312. The number of likely N-dealkylation sites (tertiary alicyclic amines) is 1. The molecular weight excluding hydrogens is 429 g/mol. The summed E-state index contributed by atoms with van der Waals surface area (Å²) in [5, 5.41) is 6.96. The summed E-state index contributed by atoms with van der Waals surface area (Å²) in [6.45, 7) is 2.91. The van der Waals surface area contributed by atoms with Gasteiger partial charge in [-0.1, -0.05) is 19.3 Å². The summed E-state index contributed by atoms with van der Waals surface area (Å²) in [6, 6.07) is 0.658. The smallest absolute Gasteiger partial charge is 0.239 e. The lowest BCUT2D eigenvalue weighted by atomic mass is 9.96. The van der Waals surface area contributed by atoms with Crippen molar-refractivity contribution in [3.63, 3.8) is 0 Å². The van der Waals surface area contributed by atoms with Gasteiger partial charge in [-0.2, -0.15) is 0 Å². The van der Waals surface area contributed by atoms with E-state index in [4.69, 9.17) is 0 Å². The summed E-state index contributed by atoms with van der Waals surface area (Å²) in [4.78, 5) is 20.6. The van der Waals surface area contributed by atoms with Crippen LogP contribution in [0.4, 0.5) is 0 Å². The van der Waals surface area contributed by atoms with Crippen molar-refractivity contribution in [2.75, 3.05) is 40.8 Å². The van der Waals surface area contributed by atoms with Crippen LogP contribution in [0.1, 0.15) is 51.4 Å². The van der Waals surface area contributed by atoms with E-state index in [9.17, 15) is 4.79 Å². The fourth-order valence-electron chi connectivity index (χ4n) is 3.80. The second-order valence-corrected chi connectivity index (χ2v) is 7.26. The first kappa shape index (κ1) is 22.5. The summed E-state index contributed by atoms with van der Waals surface area (Å²) < 4.78 is 0. The number of nitrogens with zero attached hydrogens (tertiary/aromatic N) is 3. The predicted octanol–water partition coefficient (Wildman–Crippen LogP) is 2.04. The van der Waals surface area contributed by atoms with Crippen LogP contribution in [0.25, 0.3) is 0 Å². The zero-order valence-corrected chi connectivity index (χ0v) is 18.4. The van der Waals surface area contributed by atoms with Gasteiger partial charge in [-0.25, -0.2) is 0 Å². The van der Waals surface area contributed by atoms with Crippen molar-refractivity contribution >= 4 is 35.8 Å². The lowest BCUT2D eigenvalue weighted by molar-refractivity contribution is -0.133. The number of aliphatic imine (C=N–C) groups is 1. The number of guanidine groups is 1. The van der Waals surface area contributed by atoms with Gasteiger partial charge >= 0.3 is 0 Å². The Labute approximate surface area is 170 Å². The van der Waals surface area contributed by atoms with Gasteiger partial charge in [0, 0.05) is 40.3 Å². The molecule has 25 heavy (non-hydrogen) atoms. The highest BCUT2D eigenvalue weighted by Gasteiger charge is 2.30. The van der Waals surface area contributed by atoms with E-state index in [1.165, 1.54) is 32.1 Å². The highest BCUT2D eigenvalue weighted by Crippen LogP contribution is 2.19. The van der Waals surface area contributed by atoms with E-state index in [0.29, 0.717) is 6.04 Å². The minimum absolute atomic E-state index is 0. The van der Waals surface area contributed by atoms with Gasteiger partial charge in [0.25, 0.3) is 0 Å². The number of halogens is 1. The first-order valence-electron chi connectivity index (χ1n) is 9.54. The summed E-state index contributed by atoms with van der Waals surface area (Å²) >= 11 is 0. The molecule has 2 aliphatic rings. The number of rotatable bonds is 6. The van der Waals surface area contributed by atoms with Crippen LogP contribution in [0.2, 0.25) is 0 Å². The maximum absolute atomic E-state index is 12.2. The Bertz CT molecular complexity index is 424. The van der Waals surface area contributed by atoms with Gasteiger partial charge in [0.2, 0.25) is 5.91 Å². The lowest BCUT2D eigenvalue weighted by Gasteiger charge is -2.27. The summed E-state index contributed by atoms with van der Waals surface area (Å²) in [5.41, 5.74) is 0. The van der Waals surface area contributed by atoms with Gasteiger partial charge in [-0.3, -0.25) is 14.7 Å². The number of hydrogen-bond acceptors (Lipinski definition) is 3. The second kappa shape index (κ2) is 11.9. The van der Waals surface area contributed by atoms with Crippen LogP contribution >= 0.6 is 24.0 Å². The molecule has 7 heteroatoms. The molecule has 0 aromatic rings. The van der Waals surface area contributed by atoms with Gasteiger partial charge in [-0.05, 0) is 38.6 Å². The molecule has 2 fully saturated rings. The van der Waals surface area contributed by atoms with Crippen molar-refractivity contribution in [2.24, 2.45) is 4.99 Å².